The zero-order valence-electron chi connectivity index (χ0n) is 16.3. The Kier molecular flexibility index (Phi) is 6.66. The van der Waals surface area contributed by atoms with Crippen LogP contribution in [-0.4, -0.2) is 54.9 Å². The topological polar surface area (TPSA) is 77.9 Å². The molecule has 2 aromatic carbocycles. The standard InChI is InChI=1S/C21H25FN2O4S/c1-16-2-8-19(9-3-16)29(27,28)24-14-12-23(13-15-24)20(10-11-21(25)26)17-4-6-18(22)7-5-17/h2-9,20H,10-15H2,1H3,(H,25,26)/t20-/m1/s1. The summed E-state index contributed by atoms with van der Waals surface area (Å²) in [4.78, 5) is 13.4. The molecule has 1 saturated heterocycles. The summed E-state index contributed by atoms with van der Waals surface area (Å²) in [6, 6.07) is 12.6. The molecule has 1 heterocycles. The van der Waals surface area contributed by atoms with Gasteiger partial charge in [0.15, 0.2) is 0 Å². The van der Waals surface area contributed by atoms with E-state index in [0.29, 0.717) is 32.6 Å². The average molecular weight is 421 g/mol. The van der Waals surface area contributed by atoms with Crippen LogP contribution in [0.5, 0.6) is 0 Å². The lowest BCUT2D eigenvalue weighted by molar-refractivity contribution is -0.137. The van der Waals surface area contributed by atoms with Gasteiger partial charge in [0.05, 0.1) is 4.90 Å². The lowest BCUT2D eigenvalue weighted by atomic mass is 9.99. The average Bonchev–Trinajstić information content (AvgIpc) is 2.70. The first kappa shape index (κ1) is 21.4. The molecule has 1 N–H and O–H groups in total. The third-order valence-corrected chi connectivity index (χ3v) is 7.17. The zero-order chi connectivity index (χ0) is 21.0. The fourth-order valence-corrected chi connectivity index (χ4v) is 5.04. The van der Waals surface area contributed by atoms with Gasteiger partial charge in [0, 0.05) is 38.6 Å². The Morgan fingerprint density at radius 3 is 2.17 bits per heavy atom. The SMILES string of the molecule is Cc1ccc(S(=O)(=O)N2CCN([C@H](CCC(=O)O)c3ccc(F)cc3)CC2)cc1. The van der Waals surface area contributed by atoms with Gasteiger partial charge >= 0.3 is 5.97 Å². The number of rotatable bonds is 7. The van der Waals surface area contributed by atoms with Crippen LogP contribution in [-0.2, 0) is 14.8 Å². The normalized spacial score (nSPS) is 17.2. The van der Waals surface area contributed by atoms with E-state index < -0.39 is 16.0 Å². The van der Waals surface area contributed by atoms with Crippen LogP contribution < -0.4 is 0 Å². The molecule has 1 atom stereocenters. The Bertz CT molecular complexity index is 938. The van der Waals surface area contributed by atoms with Crippen molar-refractivity contribution in [2.24, 2.45) is 0 Å². The molecule has 6 nitrogen and oxygen atoms in total. The van der Waals surface area contributed by atoms with Crippen molar-refractivity contribution in [1.82, 2.24) is 9.21 Å². The van der Waals surface area contributed by atoms with Crippen molar-refractivity contribution in [3.05, 3.63) is 65.5 Å². The quantitative estimate of drug-likeness (QED) is 0.745. The molecule has 0 unspecified atom stereocenters. The summed E-state index contributed by atoms with van der Waals surface area (Å²) < 4.78 is 40.5. The number of piperazine rings is 1. The van der Waals surface area contributed by atoms with E-state index >= 15 is 0 Å². The number of hydrogen-bond donors (Lipinski definition) is 1. The molecular formula is C21H25FN2O4S. The second kappa shape index (κ2) is 9.02. The second-order valence-electron chi connectivity index (χ2n) is 7.25. The monoisotopic (exact) mass is 420 g/mol. The molecule has 1 aliphatic rings. The van der Waals surface area contributed by atoms with Gasteiger partial charge < -0.3 is 5.11 Å². The number of hydrogen-bond acceptors (Lipinski definition) is 4. The molecule has 0 aromatic heterocycles. The van der Waals surface area contributed by atoms with E-state index in [1.54, 1.807) is 36.4 Å². The van der Waals surface area contributed by atoms with Crippen LogP contribution in [0.1, 0.15) is 30.0 Å². The minimum Gasteiger partial charge on any atom is -0.481 e. The maximum absolute atomic E-state index is 13.3. The minimum atomic E-state index is -3.56. The van der Waals surface area contributed by atoms with Crippen molar-refractivity contribution in [2.45, 2.75) is 30.7 Å². The maximum Gasteiger partial charge on any atom is 0.303 e. The van der Waals surface area contributed by atoms with Crippen molar-refractivity contribution < 1.29 is 22.7 Å². The van der Waals surface area contributed by atoms with Crippen molar-refractivity contribution in [3.8, 4) is 0 Å². The van der Waals surface area contributed by atoms with Crippen LogP contribution in [0.15, 0.2) is 53.4 Å². The van der Waals surface area contributed by atoms with Crippen molar-refractivity contribution in [3.63, 3.8) is 0 Å². The first-order valence-electron chi connectivity index (χ1n) is 9.55. The molecule has 2 aromatic rings. The Morgan fingerprint density at radius 1 is 1.03 bits per heavy atom. The number of carboxylic acid groups (broad SMARTS) is 1. The van der Waals surface area contributed by atoms with Gasteiger partial charge in [-0.1, -0.05) is 29.8 Å². The third kappa shape index (κ3) is 5.20. The molecule has 0 amide bonds. The van der Waals surface area contributed by atoms with Crippen LogP contribution >= 0.6 is 0 Å². The van der Waals surface area contributed by atoms with Gasteiger partial charge in [-0.05, 0) is 43.2 Å². The number of halogens is 1. The van der Waals surface area contributed by atoms with Crippen LogP contribution in [0.3, 0.4) is 0 Å². The number of nitrogens with zero attached hydrogens (tertiary/aromatic N) is 2. The van der Waals surface area contributed by atoms with Gasteiger partial charge in [-0.25, -0.2) is 12.8 Å². The molecule has 0 aliphatic carbocycles. The van der Waals surface area contributed by atoms with E-state index in [4.69, 9.17) is 5.11 Å². The summed E-state index contributed by atoms with van der Waals surface area (Å²) in [6.45, 7) is 3.50. The van der Waals surface area contributed by atoms with E-state index in [2.05, 4.69) is 4.90 Å². The highest BCUT2D eigenvalue weighted by Crippen LogP contribution is 2.28. The molecule has 0 spiro atoms. The van der Waals surface area contributed by atoms with Gasteiger partial charge in [0.1, 0.15) is 5.82 Å². The smallest absolute Gasteiger partial charge is 0.303 e. The third-order valence-electron chi connectivity index (χ3n) is 5.26. The molecule has 156 valence electrons. The second-order valence-corrected chi connectivity index (χ2v) is 9.19. The van der Waals surface area contributed by atoms with E-state index in [1.807, 2.05) is 6.92 Å². The number of carboxylic acids is 1. The van der Waals surface area contributed by atoms with E-state index in [-0.39, 0.29) is 23.2 Å². The summed E-state index contributed by atoms with van der Waals surface area (Å²) in [6.07, 6.45) is 0.371. The largest absolute Gasteiger partial charge is 0.481 e. The first-order valence-corrected chi connectivity index (χ1v) is 11.0. The van der Waals surface area contributed by atoms with Gasteiger partial charge in [0.25, 0.3) is 0 Å². The highest BCUT2D eigenvalue weighted by Gasteiger charge is 2.31. The van der Waals surface area contributed by atoms with Crippen LogP contribution in [0, 0.1) is 12.7 Å². The highest BCUT2D eigenvalue weighted by atomic mass is 32.2. The summed E-state index contributed by atoms with van der Waals surface area (Å²) in [5.74, 6) is -1.24. The number of aliphatic carboxylic acids is 1. The predicted octanol–water partition coefficient (Wildman–Crippen LogP) is 3.05. The molecule has 29 heavy (non-hydrogen) atoms. The Morgan fingerprint density at radius 2 is 1.62 bits per heavy atom. The Balaban J connectivity index is 1.72. The summed E-state index contributed by atoms with van der Waals surface area (Å²) in [5.41, 5.74) is 1.83. The van der Waals surface area contributed by atoms with E-state index in [1.165, 1.54) is 16.4 Å². The zero-order valence-corrected chi connectivity index (χ0v) is 17.1. The summed E-state index contributed by atoms with van der Waals surface area (Å²) in [5, 5.41) is 9.08. The Labute approximate surface area is 170 Å². The Hall–Kier alpha value is -2.29. The number of carbonyl (C=O) groups is 1. The lowest BCUT2D eigenvalue weighted by Crippen LogP contribution is -2.49. The van der Waals surface area contributed by atoms with Gasteiger partial charge in [0.2, 0.25) is 10.0 Å². The predicted molar refractivity (Wildman–Crippen MR) is 108 cm³/mol. The van der Waals surface area contributed by atoms with Crippen LogP contribution in [0.2, 0.25) is 0 Å². The molecule has 0 bridgehead atoms. The number of benzene rings is 2. The van der Waals surface area contributed by atoms with Gasteiger partial charge in [-0.3, -0.25) is 9.69 Å². The number of sulfonamides is 1. The molecule has 0 saturated carbocycles. The first-order chi connectivity index (χ1) is 13.8. The summed E-state index contributed by atoms with van der Waals surface area (Å²) >= 11 is 0. The van der Waals surface area contributed by atoms with Gasteiger partial charge in [-0.15, -0.1) is 0 Å². The van der Waals surface area contributed by atoms with Crippen LogP contribution in [0.4, 0.5) is 4.39 Å². The van der Waals surface area contributed by atoms with Crippen molar-refractivity contribution >= 4 is 16.0 Å². The van der Waals surface area contributed by atoms with Gasteiger partial charge in [-0.2, -0.15) is 4.31 Å². The van der Waals surface area contributed by atoms with Crippen LogP contribution in [0.25, 0.3) is 0 Å². The molecule has 8 heteroatoms. The van der Waals surface area contributed by atoms with Crippen molar-refractivity contribution in [1.29, 1.82) is 0 Å². The van der Waals surface area contributed by atoms with E-state index in [9.17, 15) is 17.6 Å². The highest BCUT2D eigenvalue weighted by molar-refractivity contribution is 7.89. The fraction of sp³-hybridized carbons (Fsp3) is 0.381. The fourth-order valence-electron chi connectivity index (χ4n) is 3.62. The molecule has 0 radical (unpaired) electrons. The maximum atomic E-state index is 13.3. The molecule has 1 aliphatic heterocycles. The van der Waals surface area contributed by atoms with Crippen molar-refractivity contribution in [2.75, 3.05) is 26.2 Å². The summed E-state index contributed by atoms with van der Waals surface area (Å²) in [7, 11) is -3.56. The lowest BCUT2D eigenvalue weighted by Gasteiger charge is -2.39. The van der Waals surface area contributed by atoms with E-state index in [0.717, 1.165) is 11.1 Å². The molecule has 1 fully saturated rings. The minimum absolute atomic E-state index is 0.01000. The number of aryl methyl sites for hydroxylation is 1. The molecular weight excluding hydrogens is 395 g/mol. The molecule has 3 rings (SSSR count).